The van der Waals surface area contributed by atoms with Crippen LogP contribution < -0.4 is 0 Å². The molecule has 9 nitrogen and oxygen atoms in total. The first-order valence-electron chi connectivity index (χ1n) is 7.97. The van der Waals surface area contributed by atoms with Gasteiger partial charge < -0.3 is 9.47 Å². The number of rotatable bonds is 6. The van der Waals surface area contributed by atoms with Gasteiger partial charge in [-0.1, -0.05) is 11.6 Å². The van der Waals surface area contributed by atoms with Crippen LogP contribution in [0.5, 0.6) is 0 Å². The van der Waals surface area contributed by atoms with Crippen LogP contribution in [0.1, 0.15) is 24.2 Å². The molecule has 1 aromatic rings. The quantitative estimate of drug-likeness (QED) is 0.643. The zero-order valence-electron chi connectivity index (χ0n) is 15.0. The average molecular weight is 419 g/mol. The standard InChI is InChI=1S/C16H19ClN2O7S/c1-10(2)18(3)27(23,24)11-4-5-13(17)12(8-11)15(21)26-9-14(20)19-6-7-25-16(19)22/h4-5,8,10H,6-7,9H2,1-3H3. The average Bonchev–Trinajstić information content (AvgIpc) is 3.04. The van der Waals surface area contributed by atoms with Crippen LogP contribution in [0.2, 0.25) is 5.02 Å². The van der Waals surface area contributed by atoms with E-state index in [0.717, 1.165) is 15.3 Å². The van der Waals surface area contributed by atoms with E-state index >= 15 is 0 Å². The van der Waals surface area contributed by atoms with Gasteiger partial charge in [0.25, 0.3) is 5.91 Å². The molecule has 2 rings (SSSR count). The monoisotopic (exact) mass is 418 g/mol. The second kappa shape index (κ2) is 8.24. The molecule has 2 amide bonds. The highest BCUT2D eigenvalue weighted by atomic mass is 35.5. The fraction of sp³-hybridized carbons (Fsp3) is 0.438. The maximum Gasteiger partial charge on any atom is 0.416 e. The molecule has 0 N–H and O–H groups in total. The molecular weight excluding hydrogens is 400 g/mol. The molecule has 148 valence electrons. The molecule has 0 saturated carbocycles. The summed E-state index contributed by atoms with van der Waals surface area (Å²) in [6.07, 6.45) is -0.807. The lowest BCUT2D eigenvalue weighted by Crippen LogP contribution is -2.35. The Morgan fingerprint density at radius 1 is 1.37 bits per heavy atom. The van der Waals surface area contributed by atoms with E-state index in [1.165, 1.54) is 19.2 Å². The highest BCUT2D eigenvalue weighted by molar-refractivity contribution is 7.89. The van der Waals surface area contributed by atoms with E-state index in [4.69, 9.17) is 16.3 Å². The van der Waals surface area contributed by atoms with Gasteiger partial charge in [-0.05, 0) is 32.0 Å². The molecule has 1 saturated heterocycles. The molecule has 0 atom stereocenters. The number of carbonyl (C=O) groups is 3. The molecule has 0 unspecified atom stereocenters. The van der Waals surface area contributed by atoms with Gasteiger partial charge in [-0.3, -0.25) is 4.79 Å². The summed E-state index contributed by atoms with van der Waals surface area (Å²) < 4.78 is 35.8. The maximum atomic E-state index is 12.6. The minimum Gasteiger partial charge on any atom is -0.452 e. The van der Waals surface area contributed by atoms with Crippen molar-refractivity contribution in [3.63, 3.8) is 0 Å². The van der Waals surface area contributed by atoms with Crippen molar-refractivity contribution in [2.45, 2.75) is 24.8 Å². The van der Waals surface area contributed by atoms with E-state index in [1.807, 2.05) is 0 Å². The summed E-state index contributed by atoms with van der Waals surface area (Å²) in [5.74, 6) is -1.73. The number of imide groups is 1. The Bertz CT molecular complexity index is 870. The van der Waals surface area contributed by atoms with E-state index in [0.29, 0.717) is 0 Å². The zero-order valence-corrected chi connectivity index (χ0v) is 16.5. The molecule has 1 aliphatic rings. The lowest BCUT2D eigenvalue weighted by atomic mass is 10.2. The van der Waals surface area contributed by atoms with Crippen molar-refractivity contribution in [3.05, 3.63) is 28.8 Å². The third kappa shape index (κ3) is 4.57. The fourth-order valence-electron chi connectivity index (χ4n) is 2.17. The van der Waals surface area contributed by atoms with Crippen LogP contribution in [0.15, 0.2) is 23.1 Å². The van der Waals surface area contributed by atoms with Crippen LogP contribution in [0.4, 0.5) is 4.79 Å². The van der Waals surface area contributed by atoms with Gasteiger partial charge in [0.1, 0.15) is 6.61 Å². The number of hydrogen-bond acceptors (Lipinski definition) is 7. The topological polar surface area (TPSA) is 110 Å². The van der Waals surface area contributed by atoms with Gasteiger partial charge in [-0.15, -0.1) is 0 Å². The van der Waals surface area contributed by atoms with Crippen LogP contribution in [0, 0.1) is 0 Å². The minimum atomic E-state index is -3.83. The van der Waals surface area contributed by atoms with Crippen molar-refractivity contribution in [2.24, 2.45) is 0 Å². The summed E-state index contributed by atoms with van der Waals surface area (Å²) in [6, 6.07) is 3.34. The fourth-order valence-corrected chi connectivity index (χ4v) is 3.76. The summed E-state index contributed by atoms with van der Waals surface area (Å²) in [5.41, 5.74) is -0.202. The number of sulfonamides is 1. The molecule has 1 aromatic carbocycles. The van der Waals surface area contributed by atoms with Gasteiger partial charge in [-0.25, -0.2) is 22.9 Å². The third-order valence-corrected chi connectivity index (χ3v) is 6.31. The van der Waals surface area contributed by atoms with Crippen LogP contribution in [-0.4, -0.2) is 68.4 Å². The van der Waals surface area contributed by atoms with Crippen molar-refractivity contribution in [1.29, 1.82) is 0 Å². The normalized spacial score (nSPS) is 14.6. The smallest absolute Gasteiger partial charge is 0.416 e. The molecule has 0 aliphatic carbocycles. The van der Waals surface area contributed by atoms with Crippen LogP contribution in [0.25, 0.3) is 0 Å². The number of amides is 2. The van der Waals surface area contributed by atoms with E-state index in [-0.39, 0.29) is 34.7 Å². The summed E-state index contributed by atoms with van der Waals surface area (Å²) in [4.78, 5) is 36.1. The van der Waals surface area contributed by atoms with Crippen molar-refractivity contribution >= 4 is 39.6 Å². The molecular formula is C16H19ClN2O7S. The second-order valence-corrected chi connectivity index (χ2v) is 8.40. The first-order chi connectivity index (χ1) is 12.6. The maximum absolute atomic E-state index is 12.6. The number of cyclic esters (lactones) is 1. The molecule has 0 radical (unpaired) electrons. The molecule has 1 heterocycles. The predicted octanol–water partition coefficient (Wildman–Crippen LogP) is 1.50. The largest absolute Gasteiger partial charge is 0.452 e. The number of carbonyl (C=O) groups excluding carboxylic acids is 3. The van der Waals surface area contributed by atoms with Gasteiger partial charge in [-0.2, -0.15) is 4.31 Å². The number of benzene rings is 1. The second-order valence-electron chi connectivity index (χ2n) is 5.99. The molecule has 0 bridgehead atoms. The number of halogens is 1. The number of ether oxygens (including phenoxy) is 2. The van der Waals surface area contributed by atoms with Crippen LogP contribution in [-0.2, 0) is 24.3 Å². The van der Waals surface area contributed by atoms with E-state index in [9.17, 15) is 22.8 Å². The Kier molecular flexibility index (Phi) is 6.45. The van der Waals surface area contributed by atoms with Crippen LogP contribution in [0.3, 0.4) is 0 Å². The van der Waals surface area contributed by atoms with Gasteiger partial charge in [0, 0.05) is 13.1 Å². The first-order valence-corrected chi connectivity index (χ1v) is 9.79. The van der Waals surface area contributed by atoms with Gasteiger partial charge in [0.2, 0.25) is 10.0 Å². The number of esters is 1. The molecule has 0 spiro atoms. The highest BCUT2D eigenvalue weighted by Crippen LogP contribution is 2.24. The van der Waals surface area contributed by atoms with Gasteiger partial charge in [0.15, 0.2) is 6.61 Å². The Morgan fingerprint density at radius 2 is 2.04 bits per heavy atom. The molecule has 27 heavy (non-hydrogen) atoms. The number of hydrogen-bond donors (Lipinski definition) is 0. The summed E-state index contributed by atoms with van der Waals surface area (Å²) >= 11 is 5.97. The van der Waals surface area contributed by atoms with Crippen molar-refractivity contribution in [2.75, 3.05) is 26.8 Å². The van der Waals surface area contributed by atoms with Crippen molar-refractivity contribution in [1.82, 2.24) is 9.21 Å². The Labute approximate surface area is 161 Å². The van der Waals surface area contributed by atoms with Crippen molar-refractivity contribution < 1.29 is 32.3 Å². The Balaban J connectivity index is 2.17. The lowest BCUT2D eigenvalue weighted by molar-refractivity contribution is -0.131. The van der Waals surface area contributed by atoms with E-state index in [1.54, 1.807) is 13.8 Å². The SMILES string of the molecule is CC(C)N(C)S(=O)(=O)c1ccc(Cl)c(C(=O)OCC(=O)N2CCOC2=O)c1. The van der Waals surface area contributed by atoms with E-state index < -0.39 is 34.6 Å². The first kappa shape index (κ1) is 21.1. The lowest BCUT2D eigenvalue weighted by Gasteiger charge is -2.21. The minimum absolute atomic E-state index is 0.0285. The van der Waals surface area contributed by atoms with Crippen molar-refractivity contribution in [3.8, 4) is 0 Å². The number of nitrogens with zero attached hydrogens (tertiary/aromatic N) is 2. The third-order valence-electron chi connectivity index (χ3n) is 3.95. The molecule has 1 aliphatic heterocycles. The highest BCUT2D eigenvalue weighted by Gasteiger charge is 2.30. The molecule has 11 heteroatoms. The predicted molar refractivity (Wildman–Crippen MR) is 94.9 cm³/mol. The summed E-state index contributed by atoms with van der Waals surface area (Å²) in [5, 5.41) is -0.0285. The Hall–Kier alpha value is -2.17. The molecule has 0 aromatic heterocycles. The van der Waals surface area contributed by atoms with Crippen LogP contribution >= 0.6 is 11.6 Å². The van der Waals surface area contributed by atoms with E-state index in [2.05, 4.69) is 4.74 Å². The molecule has 1 fully saturated rings. The van der Waals surface area contributed by atoms with Gasteiger partial charge in [0.05, 0.1) is 22.0 Å². The Morgan fingerprint density at radius 3 is 2.59 bits per heavy atom. The zero-order chi connectivity index (χ0) is 20.4. The summed E-state index contributed by atoms with van der Waals surface area (Å²) in [7, 11) is -2.42. The summed E-state index contributed by atoms with van der Waals surface area (Å²) in [6.45, 7) is 2.86. The van der Waals surface area contributed by atoms with Gasteiger partial charge >= 0.3 is 12.1 Å².